The zero-order valence-corrected chi connectivity index (χ0v) is 13.4. The lowest BCUT2D eigenvalue weighted by Crippen LogP contribution is -2.11. The van der Waals surface area contributed by atoms with Gasteiger partial charge in [0.1, 0.15) is 0 Å². The Labute approximate surface area is 120 Å². The molecule has 1 aromatic carbocycles. The molecule has 19 heavy (non-hydrogen) atoms. The summed E-state index contributed by atoms with van der Waals surface area (Å²) >= 11 is 1.88. The molecule has 0 N–H and O–H groups in total. The van der Waals surface area contributed by atoms with Gasteiger partial charge in [0, 0.05) is 5.92 Å². The predicted molar refractivity (Wildman–Crippen MR) is 84.4 cm³/mol. The molecule has 1 fully saturated rings. The summed E-state index contributed by atoms with van der Waals surface area (Å²) < 4.78 is 1.39. The highest BCUT2D eigenvalue weighted by Crippen LogP contribution is 2.45. The van der Waals surface area contributed by atoms with Crippen LogP contribution in [0.1, 0.15) is 75.4 Å². The molecule has 1 nitrogen and oxygen atoms in total. The van der Waals surface area contributed by atoms with Gasteiger partial charge >= 0.3 is 0 Å². The first-order valence-corrected chi connectivity index (χ1v) is 8.13. The van der Waals surface area contributed by atoms with Crippen molar-refractivity contribution in [3.63, 3.8) is 0 Å². The van der Waals surface area contributed by atoms with E-state index in [1.165, 1.54) is 39.2 Å². The molecule has 1 aliphatic rings. The van der Waals surface area contributed by atoms with Gasteiger partial charge in [-0.05, 0) is 41.4 Å². The molecular formula is C17H23NS. The Morgan fingerprint density at radius 3 is 2.42 bits per heavy atom. The molecule has 0 aliphatic heterocycles. The Morgan fingerprint density at radius 1 is 1.21 bits per heavy atom. The molecule has 0 unspecified atom stereocenters. The average Bonchev–Trinajstić information content (AvgIpc) is 3.04. The lowest BCUT2D eigenvalue weighted by molar-refractivity contribution is 0.590. The highest BCUT2D eigenvalue weighted by Gasteiger charge is 2.29. The van der Waals surface area contributed by atoms with Crippen molar-refractivity contribution in [3.8, 4) is 0 Å². The van der Waals surface area contributed by atoms with Crippen molar-refractivity contribution in [3.05, 3.63) is 28.3 Å². The number of thiazole rings is 1. The minimum atomic E-state index is 0.222. The third-order valence-electron chi connectivity index (χ3n) is 3.92. The summed E-state index contributed by atoms with van der Waals surface area (Å²) in [7, 11) is 0. The van der Waals surface area contributed by atoms with Crippen LogP contribution in [0, 0.1) is 0 Å². The molecule has 0 saturated heterocycles. The fraction of sp³-hybridized carbons (Fsp3) is 0.588. The summed E-state index contributed by atoms with van der Waals surface area (Å²) in [6, 6.07) is 4.79. The number of hydrogen-bond donors (Lipinski definition) is 0. The fourth-order valence-electron chi connectivity index (χ4n) is 2.46. The first-order valence-electron chi connectivity index (χ1n) is 7.31. The molecule has 0 atom stereocenters. The number of benzene rings is 1. The normalized spacial score (nSPS) is 16.5. The first-order chi connectivity index (χ1) is 8.86. The quantitative estimate of drug-likeness (QED) is 0.694. The van der Waals surface area contributed by atoms with Crippen LogP contribution in [0.2, 0.25) is 0 Å². The summed E-state index contributed by atoms with van der Waals surface area (Å²) in [5.41, 5.74) is 4.47. The zero-order chi connectivity index (χ0) is 13.8. The van der Waals surface area contributed by atoms with Gasteiger partial charge in [-0.15, -0.1) is 11.3 Å². The molecule has 3 rings (SSSR count). The Bertz CT molecular complexity index is 612. The smallest absolute Gasteiger partial charge is 0.0964 e. The van der Waals surface area contributed by atoms with Crippen molar-refractivity contribution < 1.29 is 0 Å². The highest BCUT2D eigenvalue weighted by atomic mass is 32.1. The molecule has 2 aromatic rings. The van der Waals surface area contributed by atoms with Crippen molar-refractivity contribution >= 4 is 21.6 Å². The predicted octanol–water partition coefficient (Wildman–Crippen LogP) is 5.59. The topological polar surface area (TPSA) is 12.9 Å². The van der Waals surface area contributed by atoms with E-state index in [-0.39, 0.29) is 5.41 Å². The average molecular weight is 273 g/mol. The molecule has 0 radical (unpaired) electrons. The monoisotopic (exact) mass is 273 g/mol. The Kier molecular flexibility index (Phi) is 2.97. The third kappa shape index (κ3) is 2.43. The van der Waals surface area contributed by atoms with Crippen LogP contribution in [-0.2, 0) is 5.41 Å². The van der Waals surface area contributed by atoms with Crippen molar-refractivity contribution in [2.75, 3.05) is 0 Å². The van der Waals surface area contributed by atoms with E-state index in [9.17, 15) is 0 Å². The molecule has 1 aliphatic carbocycles. The number of rotatable bonds is 2. The van der Waals surface area contributed by atoms with E-state index in [2.05, 4.69) is 46.8 Å². The van der Waals surface area contributed by atoms with E-state index in [0.29, 0.717) is 5.92 Å². The van der Waals surface area contributed by atoms with Crippen LogP contribution < -0.4 is 0 Å². The van der Waals surface area contributed by atoms with Crippen LogP contribution in [-0.4, -0.2) is 4.98 Å². The van der Waals surface area contributed by atoms with Crippen LogP contribution in [0.15, 0.2) is 12.1 Å². The van der Waals surface area contributed by atoms with Crippen molar-refractivity contribution in [2.24, 2.45) is 0 Å². The third-order valence-corrected chi connectivity index (χ3v) is 5.22. The van der Waals surface area contributed by atoms with Gasteiger partial charge in [-0.25, -0.2) is 4.98 Å². The van der Waals surface area contributed by atoms with Gasteiger partial charge in [0.2, 0.25) is 0 Å². The van der Waals surface area contributed by atoms with Crippen LogP contribution in [0.5, 0.6) is 0 Å². The summed E-state index contributed by atoms with van der Waals surface area (Å²) in [5.74, 6) is 1.30. The minimum Gasteiger partial charge on any atom is -0.241 e. The fourth-order valence-corrected chi connectivity index (χ4v) is 3.50. The highest BCUT2D eigenvalue weighted by molar-refractivity contribution is 7.18. The molecule has 2 heteroatoms. The van der Waals surface area contributed by atoms with E-state index in [0.717, 1.165) is 5.92 Å². The maximum Gasteiger partial charge on any atom is 0.0964 e. The van der Waals surface area contributed by atoms with Gasteiger partial charge in [-0.1, -0.05) is 40.7 Å². The Morgan fingerprint density at radius 2 is 1.89 bits per heavy atom. The van der Waals surface area contributed by atoms with Gasteiger partial charge in [0.25, 0.3) is 0 Å². The van der Waals surface area contributed by atoms with Crippen molar-refractivity contribution in [1.82, 2.24) is 4.98 Å². The summed E-state index contributed by atoms with van der Waals surface area (Å²) in [5, 5.41) is 1.28. The molecular weight excluding hydrogens is 250 g/mol. The van der Waals surface area contributed by atoms with Gasteiger partial charge in [0.15, 0.2) is 0 Å². The van der Waals surface area contributed by atoms with Crippen LogP contribution in [0.3, 0.4) is 0 Å². The number of hydrogen-bond acceptors (Lipinski definition) is 2. The second kappa shape index (κ2) is 4.31. The summed E-state index contributed by atoms with van der Waals surface area (Å²) in [4.78, 5) is 4.92. The van der Waals surface area contributed by atoms with Crippen LogP contribution >= 0.6 is 11.3 Å². The molecule has 102 valence electrons. The van der Waals surface area contributed by atoms with Crippen LogP contribution in [0.25, 0.3) is 10.2 Å². The van der Waals surface area contributed by atoms with E-state index in [4.69, 9.17) is 4.98 Å². The molecule has 1 aromatic heterocycles. The number of fused-ring (bicyclic) bond motifs is 1. The van der Waals surface area contributed by atoms with Gasteiger partial charge < -0.3 is 0 Å². The van der Waals surface area contributed by atoms with Gasteiger partial charge in [-0.2, -0.15) is 0 Å². The molecule has 1 heterocycles. The second-order valence-electron chi connectivity index (χ2n) is 7.14. The molecule has 0 spiro atoms. The lowest BCUT2D eigenvalue weighted by atomic mass is 9.85. The van der Waals surface area contributed by atoms with Gasteiger partial charge in [0.05, 0.1) is 15.2 Å². The van der Waals surface area contributed by atoms with E-state index < -0.39 is 0 Å². The van der Waals surface area contributed by atoms with Crippen LogP contribution in [0.4, 0.5) is 0 Å². The first kappa shape index (κ1) is 13.1. The zero-order valence-electron chi connectivity index (χ0n) is 12.6. The molecule has 1 saturated carbocycles. The van der Waals surface area contributed by atoms with E-state index >= 15 is 0 Å². The van der Waals surface area contributed by atoms with Gasteiger partial charge in [-0.3, -0.25) is 0 Å². The number of nitrogens with zero attached hydrogens (tertiary/aromatic N) is 1. The maximum atomic E-state index is 4.92. The van der Waals surface area contributed by atoms with Crippen molar-refractivity contribution in [2.45, 2.75) is 64.7 Å². The Balaban J connectivity index is 2.22. The minimum absolute atomic E-state index is 0.222. The summed E-state index contributed by atoms with van der Waals surface area (Å²) in [6.45, 7) is 11.4. The SMILES string of the molecule is CC(C)c1nc2c(C3CC3)cc(C(C)(C)C)cc2s1. The van der Waals surface area contributed by atoms with Crippen molar-refractivity contribution in [1.29, 1.82) is 0 Å². The maximum absolute atomic E-state index is 4.92. The largest absolute Gasteiger partial charge is 0.241 e. The molecule has 0 bridgehead atoms. The van der Waals surface area contributed by atoms with E-state index in [1.807, 2.05) is 11.3 Å². The number of aromatic nitrogens is 1. The lowest BCUT2D eigenvalue weighted by Gasteiger charge is -2.20. The summed E-state index contributed by atoms with van der Waals surface area (Å²) in [6.07, 6.45) is 2.69. The Hall–Kier alpha value is -0.890. The van der Waals surface area contributed by atoms with E-state index in [1.54, 1.807) is 0 Å². The molecule has 0 amide bonds. The second-order valence-corrected chi connectivity index (χ2v) is 8.21. The standard InChI is InChI=1S/C17H23NS/c1-10(2)16-18-15-13(11-6-7-11)8-12(17(3,4)5)9-14(15)19-16/h8-11H,6-7H2,1-5H3.